The number of nitrogens with zero attached hydrogens (tertiary/aromatic N) is 1. The lowest BCUT2D eigenvalue weighted by atomic mass is 10.1. The molecule has 1 aromatic carbocycles. The smallest absolute Gasteiger partial charge is 0.338 e. The molecule has 0 spiro atoms. The third-order valence-corrected chi connectivity index (χ3v) is 2.22. The largest absolute Gasteiger partial charge is 0.465 e. The highest BCUT2D eigenvalue weighted by molar-refractivity contribution is 5.97. The molecule has 6 heteroatoms. The van der Waals surface area contributed by atoms with Gasteiger partial charge in [-0.3, -0.25) is 4.79 Å². The fourth-order valence-corrected chi connectivity index (χ4v) is 1.35. The van der Waals surface area contributed by atoms with Crippen molar-refractivity contribution < 1.29 is 14.3 Å². The monoisotopic (exact) mass is 236 g/mol. The summed E-state index contributed by atoms with van der Waals surface area (Å²) in [5.41, 5.74) is 1.41. The van der Waals surface area contributed by atoms with Crippen LogP contribution in [-0.2, 0) is 9.53 Å². The van der Waals surface area contributed by atoms with Crippen LogP contribution in [0.3, 0.4) is 0 Å². The van der Waals surface area contributed by atoms with Crippen molar-refractivity contribution in [2.75, 3.05) is 19.0 Å². The number of amides is 1. The molecule has 1 aromatic rings. The molecule has 6 nitrogen and oxygen atoms in total. The summed E-state index contributed by atoms with van der Waals surface area (Å²) >= 11 is 0. The number of benzene rings is 1. The van der Waals surface area contributed by atoms with Gasteiger partial charge in [-0.1, -0.05) is 11.2 Å². The van der Waals surface area contributed by atoms with Crippen molar-refractivity contribution in [2.45, 2.75) is 6.92 Å². The molecule has 0 aliphatic heterocycles. The van der Waals surface area contributed by atoms with Gasteiger partial charge in [-0.05, 0) is 24.6 Å². The highest BCUT2D eigenvalue weighted by Crippen LogP contribution is 2.19. The molecule has 0 aliphatic rings. The predicted octanol–water partition coefficient (Wildman–Crippen LogP) is 1.49. The van der Waals surface area contributed by atoms with Crippen LogP contribution in [0.25, 0.3) is 0 Å². The summed E-state index contributed by atoms with van der Waals surface area (Å²) in [7, 11) is 1.28. The van der Waals surface area contributed by atoms with E-state index in [4.69, 9.17) is 0 Å². The van der Waals surface area contributed by atoms with Crippen LogP contribution in [-0.4, -0.2) is 25.5 Å². The molecule has 0 radical (unpaired) electrons. The van der Waals surface area contributed by atoms with Gasteiger partial charge in [0.15, 0.2) is 6.54 Å². The van der Waals surface area contributed by atoms with E-state index in [-0.39, 0.29) is 0 Å². The van der Waals surface area contributed by atoms with Gasteiger partial charge in [0.1, 0.15) is 0 Å². The lowest BCUT2D eigenvalue weighted by Gasteiger charge is -2.10. The third-order valence-electron chi connectivity index (χ3n) is 2.22. The van der Waals surface area contributed by atoms with Crippen molar-refractivity contribution >= 4 is 17.6 Å². The van der Waals surface area contributed by atoms with Gasteiger partial charge >= 0.3 is 5.97 Å². The zero-order chi connectivity index (χ0) is 12.8. The van der Waals surface area contributed by atoms with E-state index < -0.39 is 18.4 Å². The quantitative estimate of drug-likeness (QED) is 0.634. The number of esters is 1. The maximum atomic E-state index is 11.4. The van der Waals surface area contributed by atoms with Crippen molar-refractivity contribution in [3.63, 3.8) is 0 Å². The standard InChI is InChI=1S/C11H12N2O4/c1-7-8(11(15)17-2)4-3-5-9(7)13-10(14)6-12-16/h3-5H,6H2,1-2H3,(H,13,14). The number of hydrogen-bond donors (Lipinski definition) is 1. The Labute approximate surface area is 97.9 Å². The molecule has 0 atom stereocenters. The minimum Gasteiger partial charge on any atom is -0.465 e. The van der Waals surface area contributed by atoms with E-state index in [2.05, 4.69) is 15.2 Å². The Morgan fingerprint density at radius 1 is 1.41 bits per heavy atom. The van der Waals surface area contributed by atoms with Crippen LogP contribution >= 0.6 is 0 Å². The highest BCUT2D eigenvalue weighted by Gasteiger charge is 2.13. The zero-order valence-electron chi connectivity index (χ0n) is 9.52. The average molecular weight is 236 g/mol. The maximum absolute atomic E-state index is 11.4. The molecule has 0 heterocycles. The van der Waals surface area contributed by atoms with E-state index in [1.165, 1.54) is 7.11 Å². The molecule has 1 amide bonds. The molecular formula is C11H12N2O4. The summed E-state index contributed by atoms with van der Waals surface area (Å²) in [5, 5.41) is 4.97. The Hall–Kier alpha value is -2.24. The lowest BCUT2D eigenvalue weighted by Crippen LogP contribution is -2.16. The maximum Gasteiger partial charge on any atom is 0.338 e. The van der Waals surface area contributed by atoms with Crippen LogP contribution < -0.4 is 5.32 Å². The Bertz CT molecular complexity index is 457. The fourth-order valence-electron chi connectivity index (χ4n) is 1.35. The summed E-state index contributed by atoms with van der Waals surface area (Å²) in [5.74, 6) is -1.00. The number of hydrogen-bond acceptors (Lipinski definition) is 5. The first-order chi connectivity index (χ1) is 8.10. The molecule has 0 bridgehead atoms. The van der Waals surface area contributed by atoms with Crippen LogP contribution in [0.5, 0.6) is 0 Å². The van der Waals surface area contributed by atoms with Crippen LogP contribution in [0.2, 0.25) is 0 Å². The Balaban J connectivity index is 2.98. The Morgan fingerprint density at radius 3 is 2.71 bits per heavy atom. The molecule has 0 aliphatic carbocycles. The number of methoxy groups -OCH3 is 1. The second kappa shape index (κ2) is 5.74. The van der Waals surface area contributed by atoms with E-state index in [1.54, 1.807) is 25.1 Å². The zero-order valence-corrected chi connectivity index (χ0v) is 9.52. The van der Waals surface area contributed by atoms with E-state index >= 15 is 0 Å². The van der Waals surface area contributed by atoms with E-state index in [9.17, 15) is 14.5 Å². The van der Waals surface area contributed by atoms with E-state index in [0.29, 0.717) is 16.8 Å². The Kier molecular flexibility index (Phi) is 4.33. The summed E-state index contributed by atoms with van der Waals surface area (Å²) < 4.78 is 4.60. The third kappa shape index (κ3) is 3.10. The van der Waals surface area contributed by atoms with Crippen molar-refractivity contribution in [3.8, 4) is 0 Å². The number of anilines is 1. The number of ether oxygens (including phenoxy) is 1. The number of nitrogens with one attached hydrogen (secondary N) is 1. The van der Waals surface area contributed by atoms with Gasteiger partial charge in [-0.25, -0.2) is 4.79 Å². The predicted molar refractivity (Wildman–Crippen MR) is 61.8 cm³/mol. The molecule has 17 heavy (non-hydrogen) atoms. The molecule has 90 valence electrons. The molecule has 0 unspecified atom stereocenters. The van der Waals surface area contributed by atoms with E-state index in [1.807, 2.05) is 0 Å². The topological polar surface area (TPSA) is 84.8 Å². The van der Waals surface area contributed by atoms with Crippen molar-refractivity contribution in [1.29, 1.82) is 0 Å². The van der Waals surface area contributed by atoms with Gasteiger partial charge in [0.2, 0.25) is 5.91 Å². The first kappa shape index (κ1) is 12.8. The van der Waals surface area contributed by atoms with Crippen molar-refractivity contribution in [2.24, 2.45) is 5.18 Å². The van der Waals surface area contributed by atoms with Gasteiger partial charge in [0.25, 0.3) is 0 Å². The molecule has 0 fully saturated rings. The van der Waals surface area contributed by atoms with Gasteiger partial charge in [0.05, 0.1) is 12.7 Å². The van der Waals surface area contributed by atoms with E-state index in [0.717, 1.165) is 0 Å². The molecule has 1 rings (SSSR count). The lowest BCUT2D eigenvalue weighted by molar-refractivity contribution is -0.114. The van der Waals surface area contributed by atoms with Gasteiger partial charge in [-0.15, -0.1) is 0 Å². The van der Waals surface area contributed by atoms with Gasteiger partial charge < -0.3 is 10.1 Å². The number of rotatable bonds is 4. The number of carbonyl (C=O) groups excluding carboxylic acids is 2. The first-order valence-corrected chi connectivity index (χ1v) is 4.87. The molecular weight excluding hydrogens is 224 g/mol. The molecule has 0 saturated carbocycles. The second-order valence-electron chi connectivity index (χ2n) is 3.31. The van der Waals surface area contributed by atoms with Crippen LogP contribution in [0.15, 0.2) is 23.4 Å². The summed E-state index contributed by atoms with van der Waals surface area (Å²) in [6.07, 6.45) is 0. The van der Waals surface area contributed by atoms with Gasteiger partial charge in [-0.2, -0.15) is 4.91 Å². The van der Waals surface area contributed by atoms with Crippen molar-refractivity contribution in [1.82, 2.24) is 0 Å². The van der Waals surface area contributed by atoms with Crippen LogP contribution in [0, 0.1) is 11.8 Å². The fraction of sp³-hybridized carbons (Fsp3) is 0.273. The molecule has 0 aromatic heterocycles. The molecule has 1 N–H and O–H groups in total. The number of carbonyl (C=O) groups is 2. The highest BCUT2D eigenvalue weighted by atomic mass is 16.5. The summed E-state index contributed by atoms with van der Waals surface area (Å²) in [6, 6.07) is 4.84. The van der Waals surface area contributed by atoms with Crippen LogP contribution in [0.4, 0.5) is 5.69 Å². The first-order valence-electron chi connectivity index (χ1n) is 4.87. The average Bonchev–Trinajstić information content (AvgIpc) is 2.31. The SMILES string of the molecule is COC(=O)c1cccc(NC(=O)CN=O)c1C. The minimum atomic E-state index is -0.523. The Morgan fingerprint density at radius 2 is 2.12 bits per heavy atom. The number of nitroso groups, excluding NO2 is 1. The second-order valence-corrected chi connectivity index (χ2v) is 3.31. The van der Waals surface area contributed by atoms with Gasteiger partial charge in [0, 0.05) is 5.69 Å². The summed E-state index contributed by atoms with van der Waals surface area (Å²) in [4.78, 5) is 32.5. The minimum absolute atomic E-state index is 0.365. The van der Waals surface area contributed by atoms with Crippen LogP contribution in [0.1, 0.15) is 15.9 Å². The molecule has 0 saturated heterocycles. The normalized spacial score (nSPS) is 9.53. The van der Waals surface area contributed by atoms with Crippen molar-refractivity contribution in [3.05, 3.63) is 34.2 Å². The summed E-state index contributed by atoms with van der Waals surface area (Å²) in [6.45, 7) is 1.22.